The number of thioether (sulfide) groups is 1. The third kappa shape index (κ3) is 4.19. The van der Waals surface area contributed by atoms with Gasteiger partial charge >= 0.3 is 6.18 Å². The lowest BCUT2D eigenvalue weighted by molar-refractivity contribution is -0.141. The SMILES string of the molecule is CSc1ccc(-c2cc(C(F)(F)F)nn2Cc2ccc(Cl)cc2)cc1. The first-order chi connectivity index (χ1) is 11.9. The van der Waals surface area contributed by atoms with E-state index in [9.17, 15) is 13.2 Å². The van der Waals surface area contributed by atoms with Crippen LogP contribution < -0.4 is 0 Å². The predicted molar refractivity (Wildman–Crippen MR) is 95.0 cm³/mol. The fraction of sp³-hybridized carbons (Fsp3) is 0.167. The number of aromatic nitrogens is 2. The van der Waals surface area contributed by atoms with Crippen LogP contribution in [0.4, 0.5) is 13.2 Å². The summed E-state index contributed by atoms with van der Waals surface area (Å²) in [6, 6.07) is 15.4. The number of hydrogen-bond acceptors (Lipinski definition) is 2. The van der Waals surface area contributed by atoms with Gasteiger partial charge in [-0.2, -0.15) is 18.3 Å². The van der Waals surface area contributed by atoms with Crippen molar-refractivity contribution in [3.05, 3.63) is 70.9 Å². The third-order valence-corrected chi connectivity index (χ3v) is 4.70. The Morgan fingerprint density at radius 1 is 1.04 bits per heavy atom. The first-order valence-corrected chi connectivity index (χ1v) is 9.01. The molecule has 3 rings (SSSR count). The molecule has 0 fully saturated rings. The van der Waals surface area contributed by atoms with E-state index >= 15 is 0 Å². The van der Waals surface area contributed by atoms with E-state index in [0.717, 1.165) is 16.5 Å². The van der Waals surface area contributed by atoms with Crippen LogP contribution in [0.5, 0.6) is 0 Å². The standard InChI is InChI=1S/C18H14ClF3N2S/c1-25-15-8-4-13(5-9-15)16-10-17(18(20,21)22)23-24(16)11-12-2-6-14(19)7-3-12/h2-10H,11H2,1H3. The van der Waals surface area contributed by atoms with Crippen LogP contribution in [0, 0.1) is 0 Å². The van der Waals surface area contributed by atoms with Crippen LogP contribution in [0.25, 0.3) is 11.3 Å². The maximum atomic E-state index is 13.1. The maximum Gasteiger partial charge on any atom is 0.435 e. The molecule has 0 aliphatic rings. The van der Waals surface area contributed by atoms with Gasteiger partial charge in [-0.1, -0.05) is 35.9 Å². The molecule has 0 amide bonds. The van der Waals surface area contributed by atoms with E-state index in [2.05, 4.69) is 5.10 Å². The second kappa shape index (κ2) is 7.14. The van der Waals surface area contributed by atoms with Gasteiger partial charge in [0.1, 0.15) is 0 Å². The highest BCUT2D eigenvalue weighted by molar-refractivity contribution is 7.98. The molecular formula is C18H14ClF3N2S. The van der Waals surface area contributed by atoms with Crippen LogP contribution in [-0.2, 0) is 12.7 Å². The molecule has 0 bridgehead atoms. The molecule has 7 heteroatoms. The average molecular weight is 383 g/mol. The van der Waals surface area contributed by atoms with Crippen molar-refractivity contribution in [3.63, 3.8) is 0 Å². The number of nitrogens with zero attached hydrogens (tertiary/aromatic N) is 2. The highest BCUT2D eigenvalue weighted by Crippen LogP contribution is 2.32. The van der Waals surface area contributed by atoms with Crippen molar-refractivity contribution in [2.45, 2.75) is 17.6 Å². The number of alkyl halides is 3. The van der Waals surface area contributed by atoms with E-state index in [-0.39, 0.29) is 6.54 Å². The molecular weight excluding hydrogens is 369 g/mol. The third-order valence-electron chi connectivity index (χ3n) is 3.70. The lowest BCUT2D eigenvalue weighted by Gasteiger charge is -2.08. The Labute approximate surface area is 152 Å². The monoisotopic (exact) mass is 382 g/mol. The molecule has 25 heavy (non-hydrogen) atoms. The van der Waals surface area contributed by atoms with E-state index < -0.39 is 11.9 Å². The summed E-state index contributed by atoms with van der Waals surface area (Å²) in [7, 11) is 0. The Kier molecular flexibility index (Phi) is 5.11. The van der Waals surface area contributed by atoms with Crippen molar-refractivity contribution in [2.24, 2.45) is 0 Å². The predicted octanol–water partition coefficient (Wildman–Crippen LogP) is 5.99. The van der Waals surface area contributed by atoms with Crippen molar-refractivity contribution in [1.82, 2.24) is 9.78 Å². The quantitative estimate of drug-likeness (QED) is 0.515. The minimum absolute atomic E-state index is 0.229. The van der Waals surface area contributed by atoms with Crippen molar-refractivity contribution in [2.75, 3.05) is 6.26 Å². The van der Waals surface area contributed by atoms with Crippen LogP contribution in [0.15, 0.2) is 59.5 Å². The first kappa shape index (κ1) is 17.9. The Morgan fingerprint density at radius 2 is 1.68 bits per heavy atom. The lowest BCUT2D eigenvalue weighted by Crippen LogP contribution is -2.09. The molecule has 0 radical (unpaired) electrons. The molecule has 0 spiro atoms. The minimum atomic E-state index is -4.49. The zero-order valence-corrected chi connectivity index (χ0v) is 14.8. The fourth-order valence-electron chi connectivity index (χ4n) is 2.43. The van der Waals surface area contributed by atoms with Crippen molar-refractivity contribution >= 4 is 23.4 Å². The van der Waals surface area contributed by atoms with Gasteiger partial charge in [-0.05, 0) is 47.7 Å². The summed E-state index contributed by atoms with van der Waals surface area (Å²) < 4.78 is 40.7. The summed E-state index contributed by atoms with van der Waals surface area (Å²) in [4.78, 5) is 1.04. The van der Waals surface area contributed by atoms with Crippen molar-refractivity contribution in [3.8, 4) is 11.3 Å². The molecule has 0 unspecified atom stereocenters. The van der Waals surface area contributed by atoms with Gasteiger partial charge in [0.05, 0.1) is 12.2 Å². The second-order valence-corrected chi connectivity index (χ2v) is 6.74. The van der Waals surface area contributed by atoms with Gasteiger partial charge < -0.3 is 0 Å². The topological polar surface area (TPSA) is 17.8 Å². The molecule has 0 saturated carbocycles. The summed E-state index contributed by atoms with van der Waals surface area (Å²) in [5.74, 6) is 0. The van der Waals surface area contributed by atoms with E-state index in [4.69, 9.17) is 11.6 Å². The molecule has 0 N–H and O–H groups in total. The maximum absolute atomic E-state index is 13.1. The normalized spacial score (nSPS) is 11.7. The zero-order valence-electron chi connectivity index (χ0n) is 13.2. The van der Waals surface area contributed by atoms with E-state index in [0.29, 0.717) is 16.3 Å². The molecule has 130 valence electrons. The molecule has 1 aromatic heterocycles. The van der Waals surface area contributed by atoms with Crippen LogP contribution in [0.1, 0.15) is 11.3 Å². The first-order valence-electron chi connectivity index (χ1n) is 7.41. The van der Waals surface area contributed by atoms with Crippen LogP contribution >= 0.6 is 23.4 Å². The van der Waals surface area contributed by atoms with E-state index in [1.807, 2.05) is 18.4 Å². The number of rotatable bonds is 4. The minimum Gasteiger partial charge on any atom is -0.260 e. The van der Waals surface area contributed by atoms with Gasteiger partial charge in [-0.15, -0.1) is 11.8 Å². The lowest BCUT2D eigenvalue weighted by atomic mass is 10.1. The Hall–Kier alpha value is -1.92. The second-order valence-electron chi connectivity index (χ2n) is 5.43. The molecule has 0 aliphatic carbocycles. The van der Waals surface area contributed by atoms with Crippen LogP contribution in [0.2, 0.25) is 5.02 Å². The van der Waals surface area contributed by atoms with Gasteiger partial charge in [0.2, 0.25) is 0 Å². The van der Waals surface area contributed by atoms with Crippen molar-refractivity contribution in [1.29, 1.82) is 0 Å². The van der Waals surface area contributed by atoms with Gasteiger partial charge in [0, 0.05) is 9.92 Å². The molecule has 2 nitrogen and oxygen atoms in total. The molecule has 3 aromatic rings. The molecule has 2 aromatic carbocycles. The molecule has 1 heterocycles. The molecule has 0 aliphatic heterocycles. The van der Waals surface area contributed by atoms with Gasteiger partial charge in [0.25, 0.3) is 0 Å². The largest absolute Gasteiger partial charge is 0.435 e. The van der Waals surface area contributed by atoms with Gasteiger partial charge in [-0.3, -0.25) is 4.68 Å². The van der Waals surface area contributed by atoms with Crippen LogP contribution in [-0.4, -0.2) is 16.0 Å². The highest BCUT2D eigenvalue weighted by atomic mass is 35.5. The summed E-state index contributed by atoms with van der Waals surface area (Å²) in [6.07, 6.45) is -2.54. The average Bonchev–Trinajstić information content (AvgIpc) is 3.01. The Morgan fingerprint density at radius 3 is 2.24 bits per heavy atom. The van der Waals surface area contributed by atoms with Gasteiger partial charge in [0.15, 0.2) is 5.69 Å². The van der Waals surface area contributed by atoms with Crippen LogP contribution in [0.3, 0.4) is 0 Å². The number of halogens is 4. The number of hydrogen-bond donors (Lipinski definition) is 0. The Balaban J connectivity index is 2.02. The molecule has 0 atom stereocenters. The fourth-order valence-corrected chi connectivity index (χ4v) is 2.97. The van der Waals surface area contributed by atoms with E-state index in [1.54, 1.807) is 48.2 Å². The van der Waals surface area contributed by atoms with E-state index in [1.165, 1.54) is 4.68 Å². The Bertz CT molecular complexity index is 856. The highest BCUT2D eigenvalue weighted by Gasteiger charge is 2.35. The smallest absolute Gasteiger partial charge is 0.260 e. The number of benzene rings is 2. The van der Waals surface area contributed by atoms with Gasteiger partial charge in [-0.25, -0.2) is 0 Å². The summed E-state index contributed by atoms with van der Waals surface area (Å²) >= 11 is 7.44. The summed E-state index contributed by atoms with van der Waals surface area (Å²) in [5.41, 5.74) is 1.04. The molecule has 0 saturated heterocycles. The summed E-state index contributed by atoms with van der Waals surface area (Å²) in [5, 5.41) is 4.35. The zero-order chi connectivity index (χ0) is 18.0. The summed E-state index contributed by atoms with van der Waals surface area (Å²) in [6.45, 7) is 0.229. The van der Waals surface area contributed by atoms with Crippen molar-refractivity contribution < 1.29 is 13.2 Å².